The number of rotatable bonds is 9. The maximum atomic E-state index is 12.4. The molecule has 4 aliphatic rings. The minimum atomic E-state index is -0.118. The fraction of sp³-hybridized carbons (Fsp3) is 0.931. The van der Waals surface area contributed by atoms with Crippen molar-refractivity contribution in [1.29, 1.82) is 0 Å². The maximum absolute atomic E-state index is 12.4. The third-order valence-electron chi connectivity index (χ3n) is 11.0. The average Bonchev–Trinajstić information content (AvgIpc) is 3.08. The Hall–Kier alpha value is -0.900. The van der Waals surface area contributed by atoms with Gasteiger partial charge in [0.15, 0.2) is 0 Å². The van der Waals surface area contributed by atoms with Crippen molar-refractivity contribution in [3.05, 3.63) is 0 Å². The Morgan fingerprint density at radius 2 is 1.73 bits per heavy atom. The van der Waals surface area contributed by atoms with E-state index in [1.165, 1.54) is 51.4 Å². The number of ketones is 1. The molecule has 4 saturated carbocycles. The predicted molar refractivity (Wildman–Crippen MR) is 133 cm³/mol. The van der Waals surface area contributed by atoms with Crippen molar-refractivity contribution in [2.45, 2.75) is 123 Å². The minimum Gasteiger partial charge on any atom is -0.393 e. The molecule has 33 heavy (non-hydrogen) atoms. The topological polar surface area (TPSA) is 66.4 Å². The second-order valence-corrected chi connectivity index (χ2v) is 12.6. The zero-order valence-corrected chi connectivity index (χ0v) is 21.5. The fourth-order valence-corrected chi connectivity index (χ4v) is 9.00. The maximum Gasteiger partial charge on any atom is 0.219 e. The summed E-state index contributed by atoms with van der Waals surface area (Å²) in [6, 6.07) is 0. The first-order valence-corrected chi connectivity index (χ1v) is 14.3. The summed E-state index contributed by atoms with van der Waals surface area (Å²) in [5, 5.41) is 13.8. The van der Waals surface area contributed by atoms with Crippen LogP contribution in [0.2, 0.25) is 0 Å². The van der Waals surface area contributed by atoms with Crippen molar-refractivity contribution in [1.82, 2.24) is 5.32 Å². The van der Waals surface area contributed by atoms with E-state index in [0.717, 1.165) is 62.8 Å². The number of fused-ring (bicyclic) bond motifs is 5. The summed E-state index contributed by atoms with van der Waals surface area (Å²) in [5.41, 5.74) is 0.454. The van der Waals surface area contributed by atoms with Gasteiger partial charge in [0.1, 0.15) is 5.78 Å². The molecule has 4 nitrogen and oxygen atoms in total. The number of hydrogen-bond acceptors (Lipinski definition) is 3. The van der Waals surface area contributed by atoms with E-state index in [1.807, 2.05) is 6.92 Å². The van der Waals surface area contributed by atoms with E-state index >= 15 is 0 Å². The molecule has 3 unspecified atom stereocenters. The van der Waals surface area contributed by atoms with Crippen LogP contribution in [-0.2, 0) is 9.59 Å². The second kappa shape index (κ2) is 10.4. The van der Waals surface area contributed by atoms with Gasteiger partial charge in [0, 0.05) is 25.8 Å². The number of aliphatic hydroxyl groups is 1. The van der Waals surface area contributed by atoms with Crippen LogP contribution in [0.4, 0.5) is 0 Å². The molecule has 188 valence electrons. The molecule has 2 N–H and O–H groups in total. The van der Waals surface area contributed by atoms with Crippen molar-refractivity contribution < 1.29 is 14.7 Å². The first-order chi connectivity index (χ1) is 15.8. The van der Waals surface area contributed by atoms with Gasteiger partial charge in [0.2, 0.25) is 5.91 Å². The smallest absolute Gasteiger partial charge is 0.219 e. The summed E-state index contributed by atoms with van der Waals surface area (Å²) >= 11 is 0. The Labute approximate surface area is 202 Å². The molecule has 0 heterocycles. The van der Waals surface area contributed by atoms with E-state index in [-0.39, 0.29) is 17.4 Å². The molecule has 4 fully saturated rings. The lowest BCUT2D eigenvalue weighted by Crippen LogP contribution is -2.57. The monoisotopic (exact) mass is 459 g/mol. The number of carbonyl (C=O) groups is 2. The predicted octanol–water partition coefficient (Wildman–Crippen LogP) is 6.05. The van der Waals surface area contributed by atoms with Crippen LogP contribution in [0.5, 0.6) is 0 Å². The lowest BCUT2D eigenvalue weighted by molar-refractivity contribution is -0.156. The highest BCUT2D eigenvalue weighted by molar-refractivity contribution is 5.79. The molecule has 0 radical (unpaired) electrons. The van der Waals surface area contributed by atoms with Crippen LogP contribution in [0, 0.1) is 40.4 Å². The second-order valence-electron chi connectivity index (χ2n) is 12.6. The summed E-state index contributed by atoms with van der Waals surface area (Å²) < 4.78 is 0. The van der Waals surface area contributed by atoms with Gasteiger partial charge < -0.3 is 10.4 Å². The van der Waals surface area contributed by atoms with E-state index in [4.69, 9.17) is 0 Å². The van der Waals surface area contributed by atoms with Gasteiger partial charge in [-0.15, -0.1) is 0 Å². The molecule has 0 saturated heterocycles. The molecule has 1 amide bonds. The van der Waals surface area contributed by atoms with E-state index in [1.54, 1.807) is 0 Å². The molecule has 4 aliphatic carbocycles. The third-order valence-corrected chi connectivity index (χ3v) is 11.0. The number of carbonyl (C=O) groups excluding carboxylic acids is 2. The Morgan fingerprint density at radius 3 is 2.52 bits per heavy atom. The first-order valence-electron chi connectivity index (χ1n) is 14.3. The quantitative estimate of drug-likeness (QED) is 0.412. The van der Waals surface area contributed by atoms with Crippen molar-refractivity contribution in [2.24, 2.45) is 40.4 Å². The number of nitrogens with one attached hydrogen (secondary N) is 1. The molecule has 0 aromatic carbocycles. The lowest BCUT2D eigenvalue weighted by atomic mass is 9.42. The van der Waals surface area contributed by atoms with Crippen LogP contribution < -0.4 is 5.32 Å². The van der Waals surface area contributed by atoms with Crippen LogP contribution in [0.3, 0.4) is 0 Å². The zero-order valence-electron chi connectivity index (χ0n) is 21.5. The van der Waals surface area contributed by atoms with Gasteiger partial charge in [-0.2, -0.15) is 0 Å². The Morgan fingerprint density at radius 1 is 1.00 bits per heavy atom. The van der Waals surface area contributed by atoms with Crippen LogP contribution >= 0.6 is 0 Å². The van der Waals surface area contributed by atoms with Gasteiger partial charge >= 0.3 is 0 Å². The Kier molecular flexibility index (Phi) is 7.93. The molecule has 0 bridgehead atoms. The van der Waals surface area contributed by atoms with Gasteiger partial charge in [-0.25, -0.2) is 0 Å². The molecule has 0 aromatic rings. The molecule has 0 aliphatic heterocycles. The van der Waals surface area contributed by atoms with Crippen molar-refractivity contribution in [3.8, 4) is 0 Å². The van der Waals surface area contributed by atoms with Gasteiger partial charge in [0.05, 0.1) is 6.10 Å². The number of Topliss-reactive ketones (excluding diaryl/α,β-unsaturated/α-hetero) is 1. The van der Waals surface area contributed by atoms with E-state index in [0.29, 0.717) is 29.5 Å². The molecule has 8 atom stereocenters. The van der Waals surface area contributed by atoms with Crippen molar-refractivity contribution >= 4 is 11.7 Å². The first kappa shape index (κ1) is 25.2. The van der Waals surface area contributed by atoms with Gasteiger partial charge in [0.25, 0.3) is 0 Å². The molecular formula is C29H49NO3. The zero-order chi connectivity index (χ0) is 23.6. The highest BCUT2D eigenvalue weighted by Gasteiger charge is 2.62. The van der Waals surface area contributed by atoms with E-state index in [2.05, 4.69) is 19.2 Å². The standard InChI is InChI=1S/C29H49NO3/c1-4-30-26(33)11-9-7-5-6-8-10-20-18-21-19-22(31)14-16-28(21,2)24-15-17-29(3)23(27(20)24)12-13-25(29)32/h20-21,23-25,27,32H,4-19H2,1-3H3,(H,30,33)/t20?,21?,23-,24+,25?,27-,28-,29-/m0/s1. The molecule has 4 rings (SSSR count). The summed E-state index contributed by atoms with van der Waals surface area (Å²) in [4.78, 5) is 24.0. The van der Waals surface area contributed by atoms with E-state index in [9.17, 15) is 14.7 Å². The normalized spacial score (nSPS) is 42.4. The average molecular weight is 460 g/mol. The summed E-state index contributed by atoms with van der Waals surface area (Å²) in [6.45, 7) is 7.61. The summed E-state index contributed by atoms with van der Waals surface area (Å²) in [7, 11) is 0. The molecule has 0 spiro atoms. The highest BCUT2D eigenvalue weighted by Crippen LogP contribution is 2.67. The molecule has 4 heteroatoms. The van der Waals surface area contributed by atoms with Crippen molar-refractivity contribution in [3.63, 3.8) is 0 Å². The largest absolute Gasteiger partial charge is 0.393 e. The number of amides is 1. The van der Waals surface area contributed by atoms with Crippen molar-refractivity contribution in [2.75, 3.05) is 6.54 Å². The van der Waals surface area contributed by atoms with Gasteiger partial charge in [-0.05, 0) is 92.3 Å². The highest BCUT2D eigenvalue weighted by atomic mass is 16.3. The number of hydrogen-bond donors (Lipinski definition) is 2. The van der Waals surface area contributed by atoms with Gasteiger partial charge in [-0.1, -0.05) is 46.0 Å². The number of aliphatic hydroxyl groups excluding tert-OH is 1. The third kappa shape index (κ3) is 4.93. The van der Waals surface area contributed by atoms with Gasteiger partial charge in [-0.3, -0.25) is 9.59 Å². The van der Waals surface area contributed by atoms with Crippen LogP contribution in [0.15, 0.2) is 0 Å². The lowest BCUT2D eigenvalue weighted by Gasteiger charge is -2.62. The van der Waals surface area contributed by atoms with Crippen LogP contribution in [0.1, 0.15) is 117 Å². The summed E-state index contributed by atoms with van der Waals surface area (Å²) in [6.07, 6.45) is 16.3. The molecular weight excluding hydrogens is 410 g/mol. The van der Waals surface area contributed by atoms with Crippen LogP contribution in [-0.4, -0.2) is 29.4 Å². The SMILES string of the molecule is CCNC(=O)CCCCCCCC1CC2CC(=O)CC[C@]2(C)[C@@H]2CC[C@]3(C)C(O)CC[C@H]3[C@H]12. The van der Waals surface area contributed by atoms with E-state index < -0.39 is 0 Å². The number of unbranched alkanes of at least 4 members (excludes halogenated alkanes) is 4. The fourth-order valence-electron chi connectivity index (χ4n) is 9.00. The minimum absolute atomic E-state index is 0.117. The Bertz CT molecular complexity index is 707. The summed E-state index contributed by atoms with van der Waals surface area (Å²) in [5.74, 6) is 4.15. The molecule has 0 aromatic heterocycles. The van der Waals surface area contributed by atoms with Crippen LogP contribution in [0.25, 0.3) is 0 Å². The Balaban J connectivity index is 1.37.